The van der Waals surface area contributed by atoms with Crippen molar-refractivity contribution in [2.75, 3.05) is 0 Å². The van der Waals surface area contributed by atoms with Crippen LogP contribution in [0, 0.1) is 12.3 Å². The molecule has 1 aromatic rings. The number of nitrogens with one attached hydrogen (secondary N) is 1. The molecule has 2 N–H and O–H groups in total. The van der Waals surface area contributed by atoms with Gasteiger partial charge in [-0.3, -0.25) is 0 Å². The van der Waals surface area contributed by atoms with E-state index >= 15 is 0 Å². The Morgan fingerprint density at radius 3 is 2.86 bits per heavy atom. The van der Waals surface area contributed by atoms with E-state index in [-0.39, 0.29) is 12.6 Å². The van der Waals surface area contributed by atoms with Crippen LogP contribution < -0.4 is 5.32 Å². The Balaban J connectivity index is 2.34. The molecule has 1 rings (SSSR count). The van der Waals surface area contributed by atoms with E-state index < -0.39 is 0 Å². The first-order valence-electron chi connectivity index (χ1n) is 4.61. The van der Waals surface area contributed by atoms with E-state index in [9.17, 15) is 0 Å². The Morgan fingerprint density at radius 1 is 1.57 bits per heavy atom. The van der Waals surface area contributed by atoms with E-state index in [1.54, 1.807) is 6.07 Å². The van der Waals surface area contributed by atoms with Crippen LogP contribution in [0.1, 0.15) is 24.9 Å². The number of terminal acetylenes is 1. The van der Waals surface area contributed by atoms with E-state index in [4.69, 9.17) is 15.9 Å². The van der Waals surface area contributed by atoms with Gasteiger partial charge in [-0.05, 0) is 19.1 Å². The molecule has 0 aliphatic carbocycles. The van der Waals surface area contributed by atoms with Crippen molar-refractivity contribution in [3.63, 3.8) is 0 Å². The lowest BCUT2D eigenvalue weighted by Gasteiger charge is -2.08. The SMILES string of the molecule is C#CCC(C)NCc1ccc(CO)o1. The summed E-state index contributed by atoms with van der Waals surface area (Å²) < 4.78 is 5.30. The van der Waals surface area contributed by atoms with Gasteiger partial charge in [0.15, 0.2) is 0 Å². The Morgan fingerprint density at radius 2 is 2.29 bits per heavy atom. The molecule has 3 nitrogen and oxygen atoms in total. The van der Waals surface area contributed by atoms with Crippen LogP contribution in [0.15, 0.2) is 16.5 Å². The molecule has 0 aliphatic heterocycles. The molecule has 76 valence electrons. The van der Waals surface area contributed by atoms with E-state index in [0.29, 0.717) is 18.7 Å². The molecule has 0 amide bonds. The minimum Gasteiger partial charge on any atom is -0.462 e. The molecule has 0 spiro atoms. The Kier molecular flexibility index (Phi) is 4.24. The summed E-state index contributed by atoms with van der Waals surface area (Å²) in [6.45, 7) is 2.61. The first-order chi connectivity index (χ1) is 6.76. The molecule has 0 radical (unpaired) electrons. The molecule has 1 atom stereocenters. The molecule has 1 heterocycles. The van der Waals surface area contributed by atoms with Gasteiger partial charge >= 0.3 is 0 Å². The summed E-state index contributed by atoms with van der Waals surface area (Å²) in [6.07, 6.45) is 5.88. The van der Waals surface area contributed by atoms with Crippen molar-refractivity contribution in [1.82, 2.24) is 5.32 Å². The van der Waals surface area contributed by atoms with Crippen molar-refractivity contribution in [3.05, 3.63) is 23.7 Å². The van der Waals surface area contributed by atoms with Gasteiger partial charge in [0.25, 0.3) is 0 Å². The highest BCUT2D eigenvalue weighted by molar-refractivity contribution is 5.06. The average Bonchev–Trinajstić information content (AvgIpc) is 2.63. The van der Waals surface area contributed by atoms with E-state index in [2.05, 4.69) is 11.2 Å². The van der Waals surface area contributed by atoms with Crippen LogP contribution >= 0.6 is 0 Å². The fraction of sp³-hybridized carbons (Fsp3) is 0.455. The fourth-order valence-electron chi connectivity index (χ4n) is 1.13. The topological polar surface area (TPSA) is 45.4 Å². The molecular weight excluding hydrogens is 178 g/mol. The highest BCUT2D eigenvalue weighted by Gasteiger charge is 2.03. The number of aliphatic hydroxyl groups is 1. The van der Waals surface area contributed by atoms with E-state index in [0.717, 1.165) is 5.76 Å². The summed E-state index contributed by atoms with van der Waals surface area (Å²) >= 11 is 0. The lowest BCUT2D eigenvalue weighted by molar-refractivity contribution is 0.242. The van der Waals surface area contributed by atoms with Gasteiger partial charge in [-0.2, -0.15) is 0 Å². The van der Waals surface area contributed by atoms with Gasteiger partial charge in [-0.15, -0.1) is 12.3 Å². The molecule has 0 bridgehead atoms. The second-order valence-electron chi connectivity index (χ2n) is 3.22. The third-order valence-electron chi connectivity index (χ3n) is 1.92. The molecule has 0 saturated heterocycles. The zero-order valence-electron chi connectivity index (χ0n) is 8.29. The number of hydrogen-bond acceptors (Lipinski definition) is 3. The maximum absolute atomic E-state index is 8.77. The van der Waals surface area contributed by atoms with Crippen molar-refractivity contribution in [2.24, 2.45) is 0 Å². The smallest absolute Gasteiger partial charge is 0.129 e. The molecule has 0 saturated carbocycles. The van der Waals surface area contributed by atoms with Crippen LogP contribution in [0.5, 0.6) is 0 Å². The van der Waals surface area contributed by atoms with Gasteiger partial charge in [-0.1, -0.05) is 0 Å². The van der Waals surface area contributed by atoms with Gasteiger partial charge in [0.2, 0.25) is 0 Å². The minimum absolute atomic E-state index is 0.0556. The van der Waals surface area contributed by atoms with Crippen molar-refractivity contribution >= 4 is 0 Å². The summed E-state index contributed by atoms with van der Waals surface area (Å²) in [7, 11) is 0. The second kappa shape index (κ2) is 5.48. The largest absolute Gasteiger partial charge is 0.462 e. The highest BCUT2D eigenvalue weighted by atomic mass is 16.4. The number of rotatable bonds is 5. The Bertz CT molecular complexity index is 311. The standard InChI is InChI=1S/C11H15NO2/c1-3-4-9(2)12-7-10-5-6-11(8-13)14-10/h1,5-6,9,12-13H,4,7-8H2,2H3. The van der Waals surface area contributed by atoms with Gasteiger partial charge in [0, 0.05) is 12.5 Å². The Labute approximate surface area is 84.1 Å². The molecule has 14 heavy (non-hydrogen) atoms. The molecule has 0 aromatic carbocycles. The third-order valence-corrected chi connectivity index (χ3v) is 1.92. The van der Waals surface area contributed by atoms with E-state index in [1.807, 2.05) is 13.0 Å². The number of hydrogen-bond donors (Lipinski definition) is 2. The van der Waals surface area contributed by atoms with Crippen LogP contribution in [-0.2, 0) is 13.2 Å². The van der Waals surface area contributed by atoms with Crippen molar-refractivity contribution in [3.8, 4) is 12.3 Å². The maximum atomic E-state index is 8.77. The van der Waals surface area contributed by atoms with Crippen LogP contribution in [-0.4, -0.2) is 11.1 Å². The summed E-state index contributed by atoms with van der Waals surface area (Å²) in [5, 5.41) is 12.0. The zero-order valence-corrected chi connectivity index (χ0v) is 8.29. The predicted octanol–water partition coefficient (Wildman–Crippen LogP) is 1.27. The summed E-state index contributed by atoms with van der Waals surface area (Å²) in [6, 6.07) is 3.90. The first kappa shape index (κ1) is 10.8. The van der Waals surface area contributed by atoms with Crippen LogP contribution in [0.25, 0.3) is 0 Å². The van der Waals surface area contributed by atoms with Crippen molar-refractivity contribution in [2.45, 2.75) is 32.5 Å². The van der Waals surface area contributed by atoms with Gasteiger partial charge in [-0.25, -0.2) is 0 Å². The normalized spacial score (nSPS) is 12.4. The van der Waals surface area contributed by atoms with Crippen LogP contribution in [0.4, 0.5) is 0 Å². The number of aliphatic hydroxyl groups excluding tert-OH is 1. The third kappa shape index (κ3) is 3.25. The minimum atomic E-state index is -0.0556. The maximum Gasteiger partial charge on any atom is 0.129 e. The fourth-order valence-corrected chi connectivity index (χ4v) is 1.13. The average molecular weight is 193 g/mol. The quantitative estimate of drug-likeness (QED) is 0.692. The molecule has 1 unspecified atom stereocenters. The summed E-state index contributed by atoms with van der Waals surface area (Å²) in [5.41, 5.74) is 0. The molecule has 3 heteroatoms. The molecule has 0 fully saturated rings. The number of furan rings is 1. The predicted molar refractivity (Wildman–Crippen MR) is 54.4 cm³/mol. The second-order valence-corrected chi connectivity index (χ2v) is 3.22. The molecule has 0 aliphatic rings. The van der Waals surface area contributed by atoms with Crippen LogP contribution in [0.2, 0.25) is 0 Å². The monoisotopic (exact) mass is 193 g/mol. The lowest BCUT2D eigenvalue weighted by atomic mass is 10.2. The van der Waals surface area contributed by atoms with Gasteiger partial charge in [0.05, 0.1) is 6.54 Å². The van der Waals surface area contributed by atoms with Crippen molar-refractivity contribution in [1.29, 1.82) is 0 Å². The van der Waals surface area contributed by atoms with Crippen molar-refractivity contribution < 1.29 is 9.52 Å². The van der Waals surface area contributed by atoms with E-state index in [1.165, 1.54) is 0 Å². The Hall–Kier alpha value is -1.24. The summed E-state index contributed by atoms with van der Waals surface area (Å²) in [4.78, 5) is 0. The van der Waals surface area contributed by atoms with Crippen LogP contribution in [0.3, 0.4) is 0 Å². The zero-order chi connectivity index (χ0) is 10.4. The molecular formula is C11H15NO2. The lowest BCUT2D eigenvalue weighted by Crippen LogP contribution is -2.24. The molecule has 1 aromatic heterocycles. The summed E-state index contributed by atoms with van der Waals surface area (Å²) in [5.74, 6) is 3.99. The highest BCUT2D eigenvalue weighted by Crippen LogP contribution is 2.07. The van der Waals surface area contributed by atoms with Gasteiger partial charge < -0.3 is 14.8 Å². The first-order valence-corrected chi connectivity index (χ1v) is 4.61. The van der Waals surface area contributed by atoms with Gasteiger partial charge in [0.1, 0.15) is 18.1 Å².